The van der Waals surface area contributed by atoms with Gasteiger partial charge in [-0.2, -0.15) is 0 Å². The number of ether oxygens (including phenoxy) is 2. The quantitative estimate of drug-likeness (QED) is 0.812. The summed E-state index contributed by atoms with van der Waals surface area (Å²) < 4.78 is 10.8. The first kappa shape index (κ1) is 19.1. The number of hydrogen-bond acceptors (Lipinski definition) is 5. The molecule has 2 aliphatic heterocycles. The number of rotatable bonds is 6. The Morgan fingerprint density at radius 1 is 1.17 bits per heavy atom. The Bertz CT molecular complexity index is 898. The summed E-state index contributed by atoms with van der Waals surface area (Å²) in [6, 6.07) is 15.6. The third-order valence-corrected chi connectivity index (χ3v) is 4.78. The van der Waals surface area contributed by atoms with Gasteiger partial charge in [-0.1, -0.05) is 35.5 Å². The van der Waals surface area contributed by atoms with Crippen LogP contribution in [0.25, 0.3) is 0 Å². The van der Waals surface area contributed by atoms with Gasteiger partial charge in [0.25, 0.3) is 0 Å². The van der Waals surface area contributed by atoms with E-state index in [0.717, 1.165) is 28.3 Å². The Balaban J connectivity index is 1.42. The Morgan fingerprint density at radius 2 is 1.97 bits per heavy atom. The van der Waals surface area contributed by atoms with Crippen LogP contribution in [-0.2, 0) is 11.4 Å². The Morgan fingerprint density at radius 3 is 2.76 bits per heavy atom. The maximum Gasteiger partial charge on any atom is 0.318 e. The molecule has 2 aromatic carbocycles. The normalized spacial score (nSPS) is 17.1. The molecule has 0 saturated heterocycles. The van der Waals surface area contributed by atoms with Crippen molar-refractivity contribution in [2.45, 2.75) is 39.0 Å². The molecule has 0 unspecified atom stereocenters. The van der Waals surface area contributed by atoms with E-state index in [2.05, 4.69) is 10.5 Å². The summed E-state index contributed by atoms with van der Waals surface area (Å²) in [5.74, 6) is 1.46. The number of nitrogens with one attached hydrogen (secondary N) is 1. The number of urea groups is 1. The van der Waals surface area contributed by atoms with E-state index in [9.17, 15) is 4.79 Å². The predicted molar refractivity (Wildman–Crippen MR) is 109 cm³/mol. The van der Waals surface area contributed by atoms with Crippen LogP contribution in [0.1, 0.15) is 31.4 Å². The number of nitrogens with zero attached hydrogens (tertiary/aromatic N) is 2. The molecule has 4 rings (SSSR count). The zero-order valence-electron chi connectivity index (χ0n) is 16.6. The van der Waals surface area contributed by atoms with Gasteiger partial charge < -0.3 is 24.5 Å². The molecule has 0 fully saturated rings. The molecule has 7 heteroatoms. The first-order chi connectivity index (χ1) is 14.1. The van der Waals surface area contributed by atoms with Crippen LogP contribution in [0.15, 0.2) is 53.7 Å². The SMILES string of the molecule is CC(C)NC(=O)N(Cc1ccccc1)C[C@H]1CC(c2ccc3c(c2)OCO3)=NO1. The minimum Gasteiger partial charge on any atom is -0.454 e. The Labute approximate surface area is 170 Å². The Kier molecular flexibility index (Phi) is 5.55. The first-order valence-electron chi connectivity index (χ1n) is 9.80. The van der Waals surface area contributed by atoms with Crippen LogP contribution in [0, 0.1) is 0 Å². The number of carbonyl (C=O) groups is 1. The molecule has 0 radical (unpaired) electrons. The lowest BCUT2D eigenvalue weighted by Crippen LogP contribution is -2.45. The van der Waals surface area contributed by atoms with Gasteiger partial charge in [-0.05, 0) is 37.6 Å². The molecule has 1 N–H and O–H groups in total. The van der Waals surface area contributed by atoms with E-state index >= 15 is 0 Å². The van der Waals surface area contributed by atoms with Crippen LogP contribution in [0.4, 0.5) is 4.79 Å². The summed E-state index contributed by atoms with van der Waals surface area (Å²) in [6.07, 6.45) is 0.428. The van der Waals surface area contributed by atoms with Crippen LogP contribution in [-0.4, -0.2) is 42.1 Å². The second kappa shape index (κ2) is 8.43. The highest BCUT2D eigenvalue weighted by atomic mass is 16.7. The van der Waals surface area contributed by atoms with Crippen LogP contribution < -0.4 is 14.8 Å². The number of oxime groups is 1. The smallest absolute Gasteiger partial charge is 0.318 e. The van der Waals surface area contributed by atoms with Gasteiger partial charge in [0, 0.05) is 24.6 Å². The van der Waals surface area contributed by atoms with E-state index in [1.54, 1.807) is 4.90 Å². The molecule has 1 atom stereocenters. The summed E-state index contributed by atoms with van der Waals surface area (Å²) >= 11 is 0. The maximum atomic E-state index is 12.7. The highest BCUT2D eigenvalue weighted by Crippen LogP contribution is 2.33. The highest BCUT2D eigenvalue weighted by Gasteiger charge is 2.28. The number of amides is 2. The summed E-state index contributed by atoms with van der Waals surface area (Å²) in [5.41, 5.74) is 2.86. The van der Waals surface area contributed by atoms with Crippen molar-refractivity contribution >= 4 is 11.7 Å². The molecule has 2 heterocycles. The Hall–Kier alpha value is -3.22. The number of benzene rings is 2. The van der Waals surface area contributed by atoms with Gasteiger partial charge in [-0.15, -0.1) is 0 Å². The van der Waals surface area contributed by atoms with Gasteiger partial charge in [0.05, 0.1) is 12.3 Å². The lowest BCUT2D eigenvalue weighted by Gasteiger charge is -2.26. The van der Waals surface area contributed by atoms with E-state index in [0.29, 0.717) is 19.5 Å². The summed E-state index contributed by atoms with van der Waals surface area (Å²) in [7, 11) is 0. The van der Waals surface area contributed by atoms with Gasteiger partial charge in [0.2, 0.25) is 6.79 Å². The van der Waals surface area contributed by atoms with E-state index < -0.39 is 0 Å². The number of hydrogen-bond donors (Lipinski definition) is 1. The standard InChI is InChI=1S/C22H25N3O4/c1-15(2)23-22(26)25(12-16-6-4-3-5-7-16)13-18-11-19(24-29-18)17-8-9-20-21(10-17)28-14-27-20/h3-10,15,18H,11-14H2,1-2H3,(H,23,26)/t18-/m1/s1. The van der Waals surface area contributed by atoms with Gasteiger partial charge >= 0.3 is 6.03 Å². The van der Waals surface area contributed by atoms with Crippen molar-refractivity contribution in [2.24, 2.45) is 5.16 Å². The van der Waals surface area contributed by atoms with Crippen molar-refractivity contribution in [1.82, 2.24) is 10.2 Å². The van der Waals surface area contributed by atoms with Crippen LogP contribution in [0.5, 0.6) is 11.5 Å². The molecule has 0 spiro atoms. The third-order valence-electron chi connectivity index (χ3n) is 4.78. The van der Waals surface area contributed by atoms with E-state index in [-0.39, 0.29) is 25.0 Å². The molecule has 29 heavy (non-hydrogen) atoms. The fraction of sp³-hybridized carbons (Fsp3) is 0.364. The van der Waals surface area contributed by atoms with Crippen molar-refractivity contribution in [3.63, 3.8) is 0 Å². The molecular weight excluding hydrogens is 370 g/mol. The minimum absolute atomic E-state index is 0.0608. The molecule has 0 saturated carbocycles. The van der Waals surface area contributed by atoms with Crippen molar-refractivity contribution < 1.29 is 19.1 Å². The van der Waals surface area contributed by atoms with Crippen molar-refractivity contribution in [3.8, 4) is 11.5 Å². The molecule has 0 aromatic heterocycles. The summed E-state index contributed by atoms with van der Waals surface area (Å²) in [6.45, 7) is 5.10. The highest BCUT2D eigenvalue weighted by molar-refractivity contribution is 6.01. The van der Waals surface area contributed by atoms with Crippen molar-refractivity contribution in [1.29, 1.82) is 0 Å². The van der Waals surface area contributed by atoms with Crippen LogP contribution in [0.3, 0.4) is 0 Å². The van der Waals surface area contributed by atoms with Crippen molar-refractivity contribution in [2.75, 3.05) is 13.3 Å². The van der Waals surface area contributed by atoms with Gasteiger partial charge in [-0.3, -0.25) is 0 Å². The molecule has 0 aliphatic carbocycles. The lowest BCUT2D eigenvalue weighted by molar-refractivity contribution is 0.0586. The van der Waals surface area contributed by atoms with Gasteiger partial charge in [0.1, 0.15) is 0 Å². The first-order valence-corrected chi connectivity index (χ1v) is 9.80. The molecule has 0 bridgehead atoms. The van der Waals surface area contributed by atoms with Crippen LogP contribution in [0.2, 0.25) is 0 Å². The fourth-order valence-electron chi connectivity index (χ4n) is 3.38. The van der Waals surface area contributed by atoms with Gasteiger partial charge in [-0.25, -0.2) is 4.79 Å². The maximum absolute atomic E-state index is 12.7. The average molecular weight is 395 g/mol. The van der Waals surface area contributed by atoms with E-state index in [4.69, 9.17) is 14.3 Å². The topological polar surface area (TPSA) is 72.4 Å². The van der Waals surface area contributed by atoms with Crippen molar-refractivity contribution in [3.05, 3.63) is 59.7 Å². The molecule has 152 valence electrons. The second-order valence-corrected chi connectivity index (χ2v) is 7.51. The van der Waals surface area contributed by atoms with Crippen LogP contribution >= 0.6 is 0 Å². The largest absolute Gasteiger partial charge is 0.454 e. The van der Waals surface area contributed by atoms with E-state index in [1.165, 1.54) is 0 Å². The molecular formula is C22H25N3O4. The van der Waals surface area contributed by atoms with Gasteiger partial charge in [0.15, 0.2) is 17.6 Å². The predicted octanol–water partition coefficient (Wildman–Crippen LogP) is 3.53. The fourth-order valence-corrected chi connectivity index (χ4v) is 3.38. The zero-order valence-corrected chi connectivity index (χ0v) is 16.6. The zero-order chi connectivity index (χ0) is 20.2. The second-order valence-electron chi connectivity index (χ2n) is 7.51. The molecule has 7 nitrogen and oxygen atoms in total. The molecule has 2 amide bonds. The average Bonchev–Trinajstić information content (AvgIpc) is 3.36. The molecule has 2 aliphatic rings. The summed E-state index contributed by atoms with van der Waals surface area (Å²) in [5, 5.41) is 7.23. The molecule has 2 aromatic rings. The summed E-state index contributed by atoms with van der Waals surface area (Å²) in [4.78, 5) is 20.1. The number of carbonyl (C=O) groups excluding carboxylic acids is 1. The van der Waals surface area contributed by atoms with E-state index in [1.807, 2.05) is 62.4 Å². The number of fused-ring (bicyclic) bond motifs is 1. The third kappa shape index (κ3) is 4.62. The monoisotopic (exact) mass is 395 g/mol. The lowest BCUT2D eigenvalue weighted by atomic mass is 10.0. The minimum atomic E-state index is -0.197.